The van der Waals surface area contributed by atoms with Crippen molar-refractivity contribution >= 4 is 12.2 Å². The van der Waals surface area contributed by atoms with Gasteiger partial charge in [-0.25, -0.2) is 0 Å². The molecule has 0 radical (unpaired) electrons. The van der Waals surface area contributed by atoms with E-state index in [1.807, 2.05) is 6.92 Å². The number of hydrogen-bond acceptors (Lipinski definition) is 0. The van der Waals surface area contributed by atoms with Gasteiger partial charge in [0, 0.05) is 18.4 Å². The average molecular weight is 227 g/mol. The van der Waals surface area contributed by atoms with Crippen LogP contribution < -0.4 is 0 Å². The molecule has 17 heavy (non-hydrogen) atoms. The molecule has 0 amide bonds. The van der Waals surface area contributed by atoms with Gasteiger partial charge in [0.2, 0.25) is 0 Å². The molecule has 0 spiro atoms. The lowest BCUT2D eigenvalue weighted by molar-refractivity contribution is 0.782. The molecule has 1 nitrogen and oxygen atoms in total. The molecule has 1 aromatic heterocycles. The first-order valence-electron chi connectivity index (χ1n) is 6.19. The Balaban J connectivity index is 2.53. The molecule has 0 atom stereocenters. The molecule has 1 aliphatic rings. The maximum Gasteiger partial charge on any atom is 0.0442 e. The Morgan fingerprint density at radius 1 is 1.35 bits per heavy atom. The zero-order chi connectivity index (χ0) is 12.6. The summed E-state index contributed by atoms with van der Waals surface area (Å²) in [5.41, 5.74) is 8.17. The SMILES string of the molecule is C=C(C)/C=C\c1c(C)c2c(n1C)CCC(C)=C2. The van der Waals surface area contributed by atoms with Crippen molar-refractivity contribution in [1.29, 1.82) is 0 Å². The normalized spacial score (nSPS) is 14.9. The van der Waals surface area contributed by atoms with Gasteiger partial charge in [0.15, 0.2) is 0 Å². The molecular formula is C16H21N. The van der Waals surface area contributed by atoms with E-state index in [9.17, 15) is 0 Å². The molecule has 90 valence electrons. The van der Waals surface area contributed by atoms with Crippen LogP contribution in [0.4, 0.5) is 0 Å². The highest BCUT2D eigenvalue weighted by Crippen LogP contribution is 2.31. The van der Waals surface area contributed by atoms with E-state index in [1.54, 1.807) is 0 Å². The second kappa shape index (κ2) is 4.40. The Morgan fingerprint density at radius 3 is 2.71 bits per heavy atom. The predicted molar refractivity (Wildman–Crippen MR) is 76.0 cm³/mol. The lowest BCUT2D eigenvalue weighted by atomic mass is 9.96. The van der Waals surface area contributed by atoms with Crippen molar-refractivity contribution in [3.8, 4) is 0 Å². The standard InChI is InChI=1S/C16H21N/c1-11(2)6-8-15-13(4)14-10-12(3)7-9-16(14)17(15)5/h6,8,10H,1,7,9H2,2-5H3/b8-6-. The van der Waals surface area contributed by atoms with E-state index in [2.05, 4.69) is 50.3 Å². The predicted octanol–water partition coefficient (Wildman–Crippen LogP) is 4.27. The minimum absolute atomic E-state index is 1.09. The first kappa shape index (κ1) is 12.0. The monoisotopic (exact) mass is 227 g/mol. The maximum atomic E-state index is 3.92. The summed E-state index contributed by atoms with van der Waals surface area (Å²) in [7, 11) is 2.17. The van der Waals surface area contributed by atoms with Crippen molar-refractivity contribution in [3.05, 3.63) is 46.3 Å². The smallest absolute Gasteiger partial charge is 0.0442 e. The Labute approximate surface area is 104 Å². The minimum Gasteiger partial charge on any atom is -0.347 e. The van der Waals surface area contributed by atoms with E-state index in [0.717, 1.165) is 12.0 Å². The fourth-order valence-electron chi connectivity index (χ4n) is 2.52. The second-order valence-electron chi connectivity index (χ2n) is 5.10. The topological polar surface area (TPSA) is 4.93 Å². The molecule has 0 fully saturated rings. The van der Waals surface area contributed by atoms with Gasteiger partial charge in [-0.2, -0.15) is 0 Å². The number of nitrogens with zero attached hydrogens (tertiary/aromatic N) is 1. The van der Waals surface area contributed by atoms with Gasteiger partial charge in [-0.05, 0) is 50.8 Å². The average Bonchev–Trinajstić information content (AvgIpc) is 2.49. The number of fused-ring (bicyclic) bond motifs is 1. The number of hydrogen-bond donors (Lipinski definition) is 0. The van der Waals surface area contributed by atoms with Crippen molar-refractivity contribution < 1.29 is 0 Å². The van der Waals surface area contributed by atoms with Gasteiger partial charge in [0.1, 0.15) is 0 Å². The molecule has 0 aliphatic heterocycles. The largest absolute Gasteiger partial charge is 0.347 e. The van der Waals surface area contributed by atoms with E-state index in [0.29, 0.717) is 0 Å². The highest BCUT2D eigenvalue weighted by atomic mass is 15.0. The first-order valence-corrected chi connectivity index (χ1v) is 6.19. The zero-order valence-corrected chi connectivity index (χ0v) is 11.3. The van der Waals surface area contributed by atoms with Crippen LogP contribution >= 0.6 is 0 Å². The third-order valence-corrected chi connectivity index (χ3v) is 3.54. The summed E-state index contributed by atoms with van der Waals surface area (Å²) < 4.78 is 2.33. The van der Waals surface area contributed by atoms with E-state index in [-0.39, 0.29) is 0 Å². The molecule has 0 aromatic carbocycles. The van der Waals surface area contributed by atoms with Gasteiger partial charge >= 0.3 is 0 Å². The van der Waals surface area contributed by atoms with Crippen molar-refractivity contribution in [2.45, 2.75) is 33.6 Å². The summed E-state index contributed by atoms with van der Waals surface area (Å²) in [6.45, 7) is 10.4. The quantitative estimate of drug-likeness (QED) is 0.665. The zero-order valence-electron chi connectivity index (χ0n) is 11.3. The summed E-state index contributed by atoms with van der Waals surface area (Å²) in [4.78, 5) is 0. The van der Waals surface area contributed by atoms with Crippen molar-refractivity contribution in [3.63, 3.8) is 0 Å². The molecule has 1 heterocycles. The molecular weight excluding hydrogens is 206 g/mol. The van der Waals surface area contributed by atoms with E-state index in [1.165, 1.54) is 34.5 Å². The van der Waals surface area contributed by atoms with E-state index in [4.69, 9.17) is 0 Å². The third kappa shape index (κ3) is 2.14. The lowest BCUT2D eigenvalue weighted by Crippen LogP contribution is -2.02. The maximum absolute atomic E-state index is 3.92. The highest BCUT2D eigenvalue weighted by Gasteiger charge is 2.17. The Kier molecular flexibility index (Phi) is 3.10. The molecule has 2 rings (SSSR count). The van der Waals surface area contributed by atoms with Crippen molar-refractivity contribution in [1.82, 2.24) is 4.57 Å². The molecule has 0 unspecified atom stereocenters. The Hall–Kier alpha value is -1.50. The van der Waals surface area contributed by atoms with E-state index < -0.39 is 0 Å². The molecule has 0 saturated heterocycles. The first-order chi connectivity index (χ1) is 8.00. The highest BCUT2D eigenvalue weighted by molar-refractivity contribution is 5.68. The Morgan fingerprint density at radius 2 is 2.06 bits per heavy atom. The summed E-state index contributed by atoms with van der Waals surface area (Å²) >= 11 is 0. The second-order valence-corrected chi connectivity index (χ2v) is 5.10. The third-order valence-electron chi connectivity index (χ3n) is 3.54. The van der Waals surface area contributed by atoms with Crippen LogP contribution in [0.2, 0.25) is 0 Å². The summed E-state index contributed by atoms with van der Waals surface area (Å²) in [6.07, 6.45) is 8.96. The molecule has 0 saturated carbocycles. The van der Waals surface area contributed by atoms with Gasteiger partial charge in [-0.15, -0.1) is 0 Å². The minimum atomic E-state index is 1.09. The molecule has 1 heteroatoms. The summed E-state index contributed by atoms with van der Waals surface area (Å²) in [6, 6.07) is 0. The van der Waals surface area contributed by atoms with E-state index >= 15 is 0 Å². The fourth-order valence-corrected chi connectivity index (χ4v) is 2.52. The van der Waals surface area contributed by atoms with Crippen LogP contribution in [0.1, 0.15) is 42.8 Å². The van der Waals surface area contributed by atoms with Crippen LogP contribution in [0, 0.1) is 6.92 Å². The van der Waals surface area contributed by atoms with Crippen molar-refractivity contribution in [2.24, 2.45) is 7.05 Å². The van der Waals surface area contributed by atoms with Crippen LogP contribution in [-0.2, 0) is 13.5 Å². The van der Waals surface area contributed by atoms with Crippen LogP contribution in [-0.4, -0.2) is 4.57 Å². The Bertz CT molecular complexity index is 524. The fraction of sp³-hybridized carbons (Fsp3) is 0.375. The van der Waals surface area contributed by atoms with Gasteiger partial charge in [-0.3, -0.25) is 0 Å². The number of allylic oxidation sites excluding steroid dienone is 3. The van der Waals surface area contributed by atoms with Crippen LogP contribution in [0.15, 0.2) is 23.8 Å². The molecule has 0 bridgehead atoms. The van der Waals surface area contributed by atoms with Gasteiger partial charge in [0.05, 0.1) is 0 Å². The van der Waals surface area contributed by atoms with Crippen LogP contribution in [0.3, 0.4) is 0 Å². The van der Waals surface area contributed by atoms with Gasteiger partial charge in [-0.1, -0.05) is 29.9 Å². The lowest BCUT2D eigenvalue weighted by Gasteiger charge is -2.12. The van der Waals surface area contributed by atoms with Crippen LogP contribution in [0.5, 0.6) is 0 Å². The molecule has 1 aromatic rings. The number of rotatable bonds is 2. The van der Waals surface area contributed by atoms with Gasteiger partial charge < -0.3 is 4.57 Å². The molecule has 0 N–H and O–H groups in total. The summed E-state index contributed by atoms with van der Waals surface area (Å²) in [5, 5.41) is 0. The summed E-state index contributed by atoms with van der Waals surface area (Å²) in [5.74, 6) is 0. The van der Waals surface area contributed by atoms with Gasteiger partial charge in [0.25, 0.3) is 0 Å². The van der Waals surface area contributed by atoms with Crippen molar-refractivity contribution in [2.75, 3.05) is 0 Å². The number of aromatic nitrogens is 1. The molecule has 1 aliphatic carbocycles. The van der Waals surface area contributed by atoms with Crippen LogP contribution in [0.25, 0.3) is 12.2 Å².